The first-order valence-electron chi connectivity index (χ1n) is 6.27. The van der Waals surface area contributed by atoms with Gasteiger partial charge in [-0.1, -0.05) is 0 Å². The molecule has 0 saturated carbocycles. The van der Waals surface area contributed by atoms with Crippen molar-refractivity contribution in [3.8, 4) is 17.0 Å². The molecule has 0 unspecified atom stereocenters. The first-order valence-corrected chi connectivity index (χ1v) is 6.27. The van der Waals surface area contributed by atoms with Gasteiger partial charge in [-0.05, 0) is 30.2 Å². The number of nitrogens with zero attached hydrogens (tertiary/aromatic N) is 1. The van der Waals surface area contributed by atoms with Crippen molar-refractivity contribution in [2.24, 2.45) is 0 Å². The fourth-order valence-electron chi connectivity index (χ4n) is 2.24. The number of benzene rings is 1. The molecule has 1 aromatic heterocycles. The molecule has 0 atom stereocenters. The second-order valence-electron chi connectivity index (χ2n) is 4.49. The zero-order valence-electron chi connectivity index (χ0n) is 10.1. The van der Waals surface area contributed by atoms with E-state index in [1.165, 1.54) is 5.56 Å². The van der Waals surface area contributed by atoms with Crippen LogP contribution >= 0.6 is 0 Å². The van der Waals surface area contributed by atoms with Crippen LogP contribution in [0.2, 0.25) is 0 Å². The van der Waals surface area contributed by atoms with Crippen molar-refractivity contribution in [1.82, 2.24) is 9.97 Å². The van der Waals surface area contributed by atoms with E-state index in [4.69, 9.17) is 9.84 Å². The lowest BCUT2D eigenvalue weighted by atomic mass is 10.1. The smallest absolute Gasteiger partial charge is 0.122 e. The molecule has 4 heteroatoms. The van der Waals surface area contributed by atoms with Crippen molar-refractivity contribution in [3.63, 3.8) is 0 Å². The molecule has 0 aliphatic carbocycles. The van der Waals surface area contributed by atoms with Crippen LogP contribution in [0.5, 0.6) is 5.75 Å². The molecule has 1 aliphatic heterocycles. The molecule has 18 heavy (non-hydrogen) atoms. The lowest BCUT2D eigenvalue weighted by Crippen LogP contribution is -1.91. The SMILES string of the molecule is OCCCc1ncc(-c2ccc3c(c2)CCO3)[nH]1. The number of ether oxygens (including phenoxy) is 1. The summed E-state index contributed by atoms with van der Waals surface area (Å²) in [6.07, 6.45) is 4.36. The van der Waals surface area contributed by atoms with Crippen LogP contribution in [0.4, 0.5) is 0 Å². The minimum atomic E-state index is 0.201. The number of H-pyrrole nitrogens is 1. The van der Waals surface area contributed by atoms with Crippen LogP contribution in [0.3, 0.4) is 0 Å². The summed E-state index contributed by atoms with van der Waals surface area (Å²) in [5.74, 6) is 1.93. The van der Waals surface area contributed by atoms with Crippen molar-refractivity contribution < 1.29 is 9.84 Å². The fourth-order valence-corrected chi connectivity index (χ4v) is 2.24. The second kappa shape index (κ2) is 4.82. The van der Waals surface area contributed by atoms with Crippen molar-refractivity contribution in [2.75, 3.05) is 13.2 Å². The topological polar surface area (TPSA) is 58.1 Å². The van der Waals surface area contributed by atoms with E-state index in [0.29, 0.717) is 0 Å². The van der Waals surface area contributed by atoms with E-state index in [2.05, 4.69) is 16.0 Å². The van der Waals surface area contributed by atoms with Crippen LogP contribution < -0.4 is 4.74 Å². The number of hydrogen-bond acceptors (Lipinski definition) is 3. The normalized spacial score (nSPS) is 13.4. The van der Waals surface area contributed by atoms with Gasteiger partial charge in [0.25, 0.3) is 0 Å². The standard InChI is InChI=1S/C14H16N2O2/c17-6-1-2-14-15-9-12(16-14)10-3-4-13-11(8-10)5-7-18-13/h3-4,8-9,17H,1-2,5-7H2,(H,15,16). The fraction of sp³-hybridized carbons (Fsp3) is 0.357. The van der Waals surface area contributed by atoms with Gasteiger partial charge >= 0.3 is 0 Å². The molecule has 2 aromatic rings. The molecule has 3 rings (SSSR count). The number of aromatic amines is 1. The van der Waals surface area contributed by atoms with Crippen molar-refractivity contribution >= 4 is 0 Å². The Morgan fingerprint density at radius 1 is 1.39 bits per heavy atom. The number of nitrogens with one attached hydrogen (secondary N) is 1. The van der Waals surface area contributed by atoms with Gasteiger partial charge < -0.3 is 14.8 Å². The highest BCUT2D eigenvalue weighted by atomic mass is 16.5. The molecule has 1 aromatic carbocycles. The number of hydrogen-bond donors (Lipinski definition) is 2. The second-order valence-corrected chi connectivity index (χ2v) is 4.49. The van der Waals surface area contributed by atoms with Gasteiger partial charge in [0.2, 0.25) is 0 Å². The third-order valence-electron chi connectivity index (χ3n) is 3.20. The molecule has 0 bridgehead atoms. The molecule has 0 spiro atoms. The summed E-state index contributed by atoms with van der Waals surface area (Å²) in [5.41, 5.74) is 3.43. The maximum atomic E-state index is 8.80. The molecule has 2 heterocycles. The summed E-state index contributed by atoms with van der Waals surface area (Å²) in [6, 6.07) is 6.23. The highest BCUT2D eigenvalue weighted by molar-refractivity contribution is 5.62. The Bertz CT molecular complexity index is 548. The van der Waals surface area contributed by atoms with Gasteiger partial charge in [0.05, 0.1) is 18.5 Å². The maximum absolute atomic E-state index is 8.80. The van der Waals surface area contributed by atoms with Gasteiger partial charge in [-0.3, -0.25) is 0 Å². The predicted molar refractivity (Wildman–Crippen MR) is 68.6 cm³/mol. The van der Waals surface area contributed by atoms with Crippen LogP contribution in [-0.4, -0.2) is 28.3 Å². The number of rotatable bonds is 4. The Labute approximate surface area is 106 Å². The number of fused-ring (bicyclic) bond motifs is 1. The van der Waals surface area contributed by atoms with Gasteiger partial charge in [0.15, 0.2) is 0 Å². The maximum Gasteiger partial charge on any atom is 0.122 e. The number of aryl methyl sites for hydroxylation is 1. The van der Waals surface area contributed by atoms with E-state index in [1.54, 1.807) is 0 Å². The molecule has 0 radical (unpaired) electrons. The van der Waals surface area contributed by atoms with Crippen LogP contribution in [0.25, 0.3) is 11.3 Å². The number of aliphatic hydroxyl groups excluding tert-OH is 1. The first kappa shape index (κ1) is 11.3. The Kier molecular flexibility index (Phi) is 3.02. The van der Waals surface area contributed by atoms with Gasteiger partial charge in [-0.25, -0.2) is 4.98 Å². The number of aromatic nitrogens is 2. The zero-order chi connectivity index (χ0) is 12.4. The summed E-state index contributed by atoms with van der Waals surface area (Å²) in [6.45, 7) is 0.982. The number of imidazole rings is 1. The average Bonchev–Trinajstić information content (AvgIpc) is 3.04. The van der Waals surface area contributed by atoms with E-state index in [1.807, 2.05) is 18.3 Å². The largest absolute Gasteiger partial charge is 0.493 e. The molecule has 4 nitrogen and oxygen atoms in total. The van der Waals surface area contributed by atoms with Crippen LogP contribution in [0, 0.1) is 0 Å². The molecule has 0 fully saturated rings. The molecular weight excluding hydrogens is 228 g/mol. The van der Waals surface area contributed by atoms with E-state index < -0.39 is 0 Å². The van der Waals surface area contributed by atoms with Gasteiger partial charge in [0.1, 0.15) is 11.6 Å². The van der Waals surface area contributed by atoms with E-state index in [9.17, 15) is 0 Å². The monoisotopic (exact) mass is 244 g/mol. The molecule has 1 aliphatic rings. The predicted octanol–water partition coefficient (Wildman–Crippen LogP) is 1.94. The summed E-state index contributed by atoms with van der Waals surface area (Å²) in [4.78, 5) is 7.62. The van der Waals surface area contributed by atoms with Gasteiger partial charge in [0, 0.05) is 25.0 Å². The third kappa shape index (κ3) is 2.11. The summed E-state index contributed by atoms with van der Waals surface area (Å²) in [7, 11) is 0. The Hall–Kier alpha value is -1.81. The number of aliphatic hydroxyl groups is 1. The third-order valence-corrected chi connectivity index (χ3v) is 3.20. The molecule has 0 amide bonds. The Morgan fingerprint density at radius 3 is 3.22 bits per heavy atom. The van der Waals surface area contributed by atoms with E-state index in [-0.39, 0.29) is 6.61 Å². The van der Waals surface area contributed by atoms with E-state index >= 15 is 0 Å². The summed E-state index contributed by atoms with van der Waals surface area (Å²) in [5, 5.41) is 8.80. The van der Waals surface area contributed by atoms with Crippen LogP contribution in [0.15, 0.2) is 24.4 Å². The molecule has 94 valence electrons. The van der Waals surface area contributed by atoms with Crippen LogP contribution in [-0.2, 0) is 12.8 Å². The lowest BCUT2D eigenvalue weighted by molar-refractivity contribution is 0.287. The highest BCUT2D eigenvalue weighted by Crippen LogP contribution is 2.29. The Morgan fingerprint density at radius 2 is 2.33 bits per heavy atom. The van der Waals surface area contributed by atoms with Gasteiger partial charge in [-0.15, -0.1) is 0 Å². The first-order chi connectivity index (χ1) is 8.86. The van der Waals surface area contributed by atoms with Crippen molar-refractivity contribution in [2.45, 2.75) is 19.3 Å². The van der Waals surface area contributed by atoms with Crippen molar-refractivity contribution in [3.05, 3.63) is 35.8 Å². The average molecular weight is 244 g/mol. The highest BCUT2D eigenvalue weighted by Gasteiger charge is 2.13. The molecule has 0 saturated heterocycles. The quantitative estimate of drug-likeness (QED) is 0.864. The van der Waals surface area contributed by atoms with E-state index in [0.717, 1.165) is 48.7 Å². The minimum absolute atomic E-state index is 0.201. The van der Waals surface area contributed by atoms with Crippen LogP contribution in [0.1, 0.15) is 17.8 Å². The lowest BCUT2D eigenvalue weighted by Gasteiger charge is -2.01. The van der Waals surface area contributed by atoms with Gasteiger partial charge in [-0.2, -0.15) is 0 Å². The summed E-state index contributed by atoms with van der Waals surface area (Å²) < 4.78 is 5.49. The zero-order valence-corrected chi connectivity index (χ0v) is 10.1. The molecule has 2 N–H and O–H groups in total. The minimum Gasteiger partial charge on any atom is -0.493 e. The van der Waals surface area contributed by atoms with Crippen molar-refractivity contribution in [1.29, 1.82) is 0 Å². The molecular formula is C14H16N2O2. The Balaban J connectivity index is 1.83. The summed E-state index contributed by atoms with van der Waals surface area (Å²) >= 11 is 0.